The van der Waals surface area contributed by atoms with Crippen molar-refractivity contribution >= 4 is 23.0 Å². The predicted octanol–water partition coefficient (Wildman–Crippen LogP) is 9.95. The molecule has 0 atom stereocenters. The molecule has 0 unspecified atom stereocenters. The van der Waals surface area contributed by atoms with Crippen LogP contribution in [0.25, 0.3) is 22.3 Å². The molecule has 5 aromatic carbocycles. The summed E-state index contributed by atoms with van der Waals surface area (Å²) in [5.74, 6) is -0.310. The van der Waals surface area contributed by atoms with E-state index in [1.165, 1.54) is 44.5 Å². The fourth-order valence-corrected chi connectivity index (χ4v) is 7.10. The van der Waals surface area contributed by atoms with Crippen molar-refractivity contribution in [3.63, 3.8) is 0 Å². The number of benzene rings is 5. The molecule has 0 bridgehead atoms. The van der Waals surface area contributed by atoms with Gasteiger partial charge in [0.2, 0.25) is 0 Å². The van der Waals surface area contributed by atoms with E-state index in [2.05, 4.69) is 124 Å². The minimum Gasteiger partial charge on any atom is -0.462 e. The van der Waals surface area contributed by atoms with E-state index < -0.39 is 0 Å². The molecule has 3 heteroatoms. The minimum absolute atomic E-state index is 0.123. The van der Waals surface area contributed by atoms with E-state index in [1.54, 1.807) is 0 Å². The second-order valence-corrected chi connectivity index (χ2v) is 12.4. The number of nitrogens with zero attached hydrogens (tertiary/aromatic N) is 1. The lowest BCUT2D eigenvalue weighted by molar-refractivity contribution is 0.0526. The quantitative estimate of drug-likeness (QED) is 0.204. The van der Waals surface area contributed by atoms with E-state index in [9.17, 15) is 4.79 Å². The van der Waals surface area contributed by atoms with Gasteiger partial charge in [-0.1, -0.05) is 94.4 Å². The molecule has 0 aliphatic heterocycles. The van der Waals surface area contributed by atoms with Crippen molar-refractivity contribution in [3.8, 4) is 22.3 Å². The Hall–Kier alpha value is -4.63. The Kier molecular flexibility index (Phi) is 5.92. The summed E-state index contributed by atoms with van der Waals surface area (Å²) in [6.45, 7) is 11.4. The van der Waals surface area contributed by atoms with Gasteiger partial charge in [-0.05, 0) is 93.9 Å². The second-order valence-electron chi connectivity index (χ2n) is 12.4. The Morgan fingerprint density at radius 1 is 0.571 bits per heavy atom. The van der Waals surface area contributed by atoms with Crippen LogP contribution in [0.1, 0.15) is 67.2 Å². The van der Waals surface area contributed by atoms with Crippen molar-refractivity contribution in [2.75, 3.05) is 11.5 Å². The normalized spacial score (nSPS) is 14.9. The van der Waals surface area contributed by atoms with Gasteiger partial charge in [-0.2, -0.15) is 0 Å². The molecule has 0 saturated heterocycles. The van der Waals surface area contributed by atoms with Gasteiger partial charge in [-0.3, -0.25) is 0 Å². The smallest absolute Gasteiger partial charge is 0.338 e. The number of esters is 1. The summed E-state index contributed by atoms with van der Waals surface area (Å²) in [7, 11) is 0. The molecular weight excluding hydrogens is 514 g/mol. The molecule has 208 valence electrons. The number of carbonyl (C=O) groups is 1. The standard InChI is InChI=1S/C39H35NO2/c1-6-42-37(41)25-12-11-13-26(22-25)40(27-18-20-31-29-14-7-9-16-33(29)38(2,3)35(31)23-27)28-19-21-32-30-15-8-10-17-34(30)39(4,5)36(32)24-28/h7-24H,6H2,1-5H3. The summed E-state index contributed by atoms with van der Waals surface area (Å²) >= 11 is 0. The molecule has 42 heavy (non-hydrogen) atoms. The van der Waals surface area contributed by atoms with Crippen LogP contribution in [-0.4, -0.2) is 12.6 Å². The van der Waals surface area contributed by atoms with Crippen molar-refractivity contribution in [1.29, 1.82) is 0 Å². The lowest BCUT2D eigenvalue weighted by atomic mass is 9.82. The molecule has 2 aliphatic carbocycles. The molecule has 0 fully saturated rings. The molecule has 0 radical (unpaired) electrons. The van der Waals surface area contributed by atoms with Crippen molar-refractivity contribution in [2.45, 2.75) is 45.4 Å². The second kappa shape index (κ2) is 9.46. The molecule has 0 N–H and O–H groups in total. The summed E-state index contributed by atoms with van der Waals surface area (Å²) in [4.78, 5) is 15.1. The van der Waals surface area contributed by atoms with Gasteiger partial charge in [-0.15, -0.1) is 0 Å². The van der Waals surface area contributed by atoms with Crippen LogP contribution >= 0.6 is 0 Å². The summed E-state index contributed by atoms with van der Waals surface area (Å²) in [5, 5.41) is 0. The van der Waals surface area contributed by atoms with E-state index in [0.29, 0.717) is 12.2 Å². The minimum atomic E-state index is -0.310. The number of anilines is 3. The fraction of sp³-hybridized carbons (Fsp3) is 0.205. The molecule has 0 aromatic heterocycles. The molecule has 5 aromatic rings. The molecule has 0 spiro atoms. The van der Waals surface area contributed by atoms with Crippen LogP contribution < -0.4 is 4.90 Å². The Morgan fingerprint density at radius 3 is 1.57 bits per heavy atom. The third kappa shape index (κ3) is 3.84. The first kappa shape index (κ1) is 26.3. The Balaban J connectivity index is 1.42. The lowest BCUT2D eigenvalue weighted by Crippen LogP contribution is -2.18. The van der Waals surface area contributed by atoms with E-state index in [-0.39, 0.29) is 16.8 Å². The molecule has 0 amide bonds. The highest BCUT2D eigenvalue weighted by atomic mass is 16.5. The Morgan fingerprint density at radius 2 is 1.05 bits per heavy atom. The summed E-state index contributed by atoms with van der Waals surface area (Å²) in [6.07, 6.45) is 0. The first-order valence-electron chi connectivity index (χ1n) is 14.8. The summed E-state index contributed by atoms with van der Waals surface area (Å²) in [6, 6.07) is 38.8. The number of fused-ring (bicyclic) bond motifs is 6. The molecular formula is C39H35NO2. The van der Waals surface area contributed by atoms with Gasteiger partial charge in [0.25, 0.3) is 0 Å². The van der Waals surface area contributed by atoms with Gasteiger partial charge < -0.3 is 9.64 Å². The zero-order valence-corrected chi connectivity index (χ0v) is 24.9. The van der Waals surface area contributed by atoms with Gasteiger partial charge in [0, 0.05) is 27.9 Å². The van der Waals surface area contributed by atoms with Crippen LogP contribution in [0.5, 0.6) is 0 Å². The van der Waals surface area contributed by atoms with Crippen LogP contribution in [0.3, 0.4) is 0 Å². The number of rotatable bonds is 5. The van der Waals surface area contributed by atoms with Crippen molar-refractivity contribution in [1.82, 2.24) is 0 Å². The van der Waals surface area contributed by atoms with Crippen LogP contribution in [0.2, 0.25) is 0 Å². The fourth-order valence-electron chi connectivity index (χ4n) is 7.10. The first-order chi connectivity index (χ1) is 20.2. The van der Waals surface area contributed by atoms with Gasteiger partial charge >= 0.3 is 5.97 Å². The molecule has 3 nitrogen and oxygen atoms in total. The largest absolute Gasteiger partial charge is 0.462 e. The molecule has 0 heterocycles. The maximum Gasteiger partial charge on any atom is 0.338 e. The summed E-state index contributed by atoms with van der Waals surface area (Å²) < 4.78 is 5.36. The number of ether oxygens (including phenoxy) is 1. The first-order valence-corrected chi connectivity index (χ1v) is 14.8. The van der Waals surface area contributed by atoms with Gasteiger partial charge in [0.05, 0.1) is 12.2 Å². The molecule has 2 aliphatic rings. The zero-order valence-electron chi connectivity index (χ0n) is 24.9. The zero-order chi connectivity index (χ0) is 29.2. The van der Waals surface area contributed by atoms with E-state index >= 15 is 0 Å². The topological polar surface area (TPSA) is 29.5 Å². The number of hydrogen-bond donors (Lipinski definition) is 0. The average molecular weight is 550 g/mol. The van der Waals surface area contributed by atoms with Crippen molar-refractivity contribution < 1.29 is 9.53 Å². The van der Waals surface area contributed by atoms with Gasteiger partial charge in [0.15, 0.2) is 0 Å². The van der Waals surface area contributed by atoms with Gasteiger partial charge in [0.1, 0.15) is 0 Å². The highest BCUT2D eigenvalue weighted by Crippen LogP contribution is 2.53. The number of hydrogen-bond acceptors (Lipinski definition) is 3. The molecule has 7 rings (SSSR count). The van der Waals surface area contributed by atoms with Crippen molar-refractivity contribution in [2.24, 2.45) is 0 Å². The third-order valence-electron chi connectivity index (χ3n) is 9.27. The van der Waals surface area contributed by atoms with Crippen LogP contribution in [0.4, 0.5) is 17.1 Å². The van der Waals surface area contributed by atoms with E-state index in [1.807, 2.05) is 25.1 Å². The highest BCUT2D eigenvalue weighted by Gasteiger charge is 2.37. The number of carbonyl (C=O) groups excluding carboxylic acids is 1. The van der Waals surface area contributed by atoms with Crippen LogP contribution in [0.15, 0.2) is 109 Å². The maximum atomic E-state index is 12.8. The highest BCUT2D eigenvalue weighted by molar-refractivity contribution is 5.93. The van der Waals surface area contributed by atoms with Gasteiger partial charge in [-0.25, -0.2) is 4.79 Å². The summed E-state index contributed by atoms with van der Waals surface area (Å²) in [5.41, 5.74) is 13.8. The average Bonchev–Trinajstić information content (AvgIpc) is 3.37. The Labute approximate surface area is 248 Å². The maximum absolute atomic E-state index is 12.8. The van der Waals surface area contributed by atoms with Crippen molar-refractivity contribution in [3.05, 3.63) is 137 Å². The van der Waals surface area contributed by atoms with E-state index in [0.717, 1.165) is 17.1 Å². The predicted molar refractivity (Wildman–Crippen MR) is 172 cm³/mol. The van der Waals surface area contributed by atoms with Crippen LogP contribution in [0, 0.1) is 0 Å². The Bertz CT molecular complexity index is 1770. The van der Waals surface area contributed by atoms with Crippen LogP contribution in [-0.2, 0) is 15.6 Å². The molecule has 0 saturated carbocycles. The lowest BCUT2D eigenvalue weighted by Gasteiger charge is -2.30. The SMILES string of the molecule is CCOC(=O)c1cccc(N(c2ccc3c(c2)C(C)(C)c2ccccc2-3)c2ccc3c(c2)C(C)(C)c2ccccc2-3)c1. The van der Waals surface area contributed by atoms with E-state index in [4.69, 9.17) is 4.74 Å². The monoisotopic (exact) mass is 549 g/mol. The third-order valence-corrected chi connectivity index (χ3v) is 9.27.